The Hall–Kier alpha value is -7.62. The molecule has 2 aliphatic rings. The second kappa shape index (κ2) is 16.5. The van der Waals surface area contributed by atoms with Crippen LogP contribution in [0.15, 0.2) is 140 Å². The molecule has 2 aliphatic heterocycles. The maximum Gasteiger partial charge on any atom is 0.332 e. The smallest absolute Gasteiger partial charge is 0.332 e. The molecule has 0 saturated carbocycles. The van der Waals surface area contributed by atoms with E-state index < -0.39 is 5.97 Å². The molecule has 3 aromatic heterocycles. The monoisotopic (exact) mass is 773 g/mol. The molecule has 8 bridgehead atoms. The van der Waals surface area contributed by atoms with Gasteiger partial charge in [0.1, 0.15) is 13.2 Å². The minimum absolute atomic E-state index is 0.249. The average Bonchev–Trinajstić information content (AvgIpc) is 4.11. The lowest BCUT2D eigenvalue weighted by atomic mass is 10.0. The van der Waals surface area contributed by atoms with Gasteiger partial charge in [-0.3, -0.25) is 4.79 Å². The van der Waals surface area contributed by atoms with Gasteiger partial charge in [0, 0.05) is 50.0 Å². The van der Waals surface area contributed by atoms with Crippen LogP contribution in [0.5, 0.6) is 0 Å². The van der Waals surface area contributed by atoms with Crippen LogP contribution in [0.1, 0.15) is 29.7 Å². The molecule has 0 spiro atoms. The molecular formula is C50H39N5O4. The quantitative estimate of drug-likeness (QED) is 0.119. The summed E-state index contributed by atoms with van der Waals surface area (Å²) < 4.78 is 10.1. The molecule has 0 fully saturated rings. The number of aromatic nitrogens is 4. The molecule has 0 aliphatic carbocycles. The van der Waals surface area contributed by atoms with Gasteiger partial charge in [-0.15, -0.1) is 0 Å². The third kappa shape index (κ3) is 7.75. The molecular weight excluding hydrogens is 735 g/mol. The molecule has 7 aromatic rings. The first-order valence-electron chi connectivity index (χ1n) is 19.5. The van der Waals surface area contributed by atoms with E-state index in [1.54, 1.807) is 6.92 Å². The van der Waals surface area contributed by atoms with Crippen LogP contribution in [0, 0.1) is 0 Å². The first kappa shape index (κ1) is 37.0. The first-order chi connectivity index (χ1) is 29.0. The summed E-state index contributed by atoms with van der Waals surface area (Å²) in [5.41, 5.74) is 15.3. The maximum absolute atomic E-state index is 12.7. The van der Waals surface area contributed by atoms with Crippen LogP contribution in [-0.4, -0.2) is 51.6 Å². The summed E-state index contributed by atoms with van der Waals surface area (Å²) >= 11 is 0. The van der Waals surface area contributed by atoms with Gasteiger partial charge in [0.15, 0.2) is 0 Å². The Morgan fingerprint density at radius 3 is 1.24 bits per heavy atom. The maximum atomic E-state index is 12.7. The van der Waals surface area contributed by atoms with E-state index in [1.807, 2.05) is 66.7 Å². The third-order valence-corrected chi connectivity index (χ3v) is 10.2. The fourth-order valence-electron chi connectivity index (χ4n) is 7.58. The van der Waals surface area contributed by atoms with Crippen molar-refractivity contribution in [1.82, 2.24) is 19.9 Å². The molecule has 0 atom stereocenters. The number of carbonyl (C=O) groups is 2. The van der Waals surface area contributed by atoms with Crippen molar-refractivity contribution >= 4 is 63.9 Å². The summed E-state index contributed by atoms with van der Waals surface area (Å²) in [6.45, 7) is 1.39. The van der Waals surface area contributed by atoms with Crippen molar-refractivity contribution in [2.75, 3.05) is 25.1 Å². The summed E-state index contributed by atoms with van der Waals surface area (Å²) in [4.78, 5) is 42.6. The van der Waals surface area contributed by atoms with E-state index in [0.717, 1.165) is 89.4 Å². The van der Waals surface area contributed by atoms with Gasteiger partial charge in [-0.1, -0.05) is 103 Å². The highest BCUT2D eigenvalue weighted by Crippen LogP contribution is 2.38. The lowest BCUT2D eigenvalue weighted by molar-refractivity contribution is -0.149. The number of rotatable bonds is 10. The molecule has 0 unspecified atom stereocenters. The van der Waals surface area contributed by atoms with Crippen molar-refractivity contribution in [2.45, 2.75) is 6.92 Å². The van der Waals surface area contributed by atoms with E-state index in [9.17, 15) is 9.59 Å². The van der Waals surface area contributed by atoms with Crippen LogP contribution >= 0.6 is 0 Å². The number of fused-ring (bicyclic) bond motifs is 8. The summed E-state index contributed by atoms with van der Waals surface area (Å²) in [7, 11) is 0. The molecule has 9 heteroatoms. The highest BCUT2D eigenvalue weighted by molar-refractivity contribution is 6.00. The standard InChI is InChI=1S/C50H39N5O4/c1-2-59-46(57)31-58-30-45(56)51-36-20-18-35(19-21-36)50-43-28-26-41(54-43)48(33-14-8-4-9-15-33)39-24-22-37(52-39)47(32-12-6-3-7-13-32)38-23-25-40(53-38)49(34-16-10-5-11-17-34)42-27-29-44(50)55-42/h3-29,52,55H,2,30-31H2,1H3,(H,51,56). The Morgan fingerprint density at radius 1 is 0.492 bits per heavy atom. The number of anilines is 1. The van der Waals surface area contributed by atoms with Crippen LogP contribution in [-0.2, 0) is 19.1 Å². The fourth-order valence-corrected chi connectivity index (χ4v) is 7.58. The summed E-state index contributed by atoms with van der Waals surface area (Å²) in [6, 6.07) is 47.0. The van der Waals surface area contributed by atoms with Crippen LogP contribution in [0.4, 0.5) is 5.69 Å². The number of hydrogen-bond acceptors (Lipinski definition) is 6. The second-order valence-corrected chi connectivity index (χ2v) is 14.0. The number of aromatic amines is 2. The van der Waals surface area contributed by atoms with Gasteiger partial charge >= 0.3 is 5.97 Å². The molecule has 3 N–H and O–H groups in total. The minimum Gasteiger partial charge on any atom is -0.464 e. The Morgan fingerprint density at radius 2 is 0.864 bits per heavy atom. The predicted molar refractivity (Wildman–Crippen MR) is 237 cm³/mol. The van der Waals surface area contributed by atoms with Crippen LogP contribution in [0.3, 0.4) is 0 Å². The predicted octanol–water partition coefficient (Wildman–Crippen LogP) is 10.8. The molecule has 1 amide bonds. The van der Waals surface area contributed by atoms with E-state index in [4.69, 9.17) is 19.4 Å². The van der Waals surface area contributed by atoms with E-state index in [2.05, 4.69) is 112 Å². The number of benzene rings is 4. The summed E-state index contributed by atoms with van der Waals surface area (Å²) in [5, 5.41) is 2.85. The number of nitrogens with zero attached hydrogens (tertiary/aromatic N) is 2. The molecule has 0 radical (unpaired) electrons. The highest BCUT2D eigenvalue weighted by atomic mass is 16.6. The number of hydrogen-bond donors (Lipinski definition) is 3. The molecule has 59 heavy (non-hydrogen) atoms. The zero-order valence-corrected chi connectivity index (χ0v) is 32.2. The van der Waals surface area contributed by atoms with Crippen LogP contribution in [0.2, 0.25) is 0 Å². The number of carbonyl (C=O) groups excluding carboxylic acids is 2. The number of H-pyrrole nitrogens is 2. The van der Waals surface area contributed by atoms with Gasteiger partial charge < -0.3 is 24.8 Å². The van der Waals surface area contributed by atoms with Gasteiger partial charge in [0.2, 0.25) is 5.91 Å². The molecule has 4 aromatic carbocycles. The van der Waals surface area contributed by atoms with E-state index >= 15 is 0 Å². The van der Waals surface area contributed by atoms with Crippen LogP contribution < -0.4 is 5.32 Å². The molecule has 9 nitrogen and oxygen atoms in total. The SMILES string of the molecule is CCOC(=O)COCC(=O)Nc1ccc(-c2c3nc(c(-c4ccccc4)c4ccc([nH]4)c(-c4ccccc4)c4nc(c(-c5ccccc5)c5ccc2[nH]5)C=C4)C=C3)cc1. The number of esters is 1. The molecule has 288 valence electrons. The lowest BCUT2D eigenvalue weighted by Gasteiger charge is -2.09. The molecule has 0 saturated heterocycles. The third-order valence-electron chi connectivity index (χ3n) is 10.2. The number of amides is 1. The topological polar surface area (TPSA) is 122 Å². The van der Waals surface area contributed by atoms with E-state index in [1.165, 1.54) is 0 Å². The number of nitrogens with one attached hydrogen (secondary N) is 3. The Bertz CT molecular complexity index is 2880. The van der Waals surface area contributed by atoms with Gasteiger partial charge in [0.05, 0.1) is 29.4 Å². The largest absolute Gasteiger partial charge is 0.464 e. The van der Waals surface area contributed by atoms with Crippen molar-refractivity contribution < 1.29 is 19.1 Å². The van der Waals surface area contributed by atoms with E-state index in [0.29, 0.717) is 5.69 Å². The fraction of sp³-hybridized carbons (Fsp3) is 0.0800. The lowest BCUT2D eigenvalue weighted by Crippen LogP contribution is -2.21. The van der Waals surface area contributed by atoms with Crippen molar-refractivity contribution in [2.24, 2.45) is 0 Å². The Labute approximate surface area is 340 Å². The molecule has 5 heterocycles. The van der Waals surface area contributed by atoms with Crippen molar-refractivity contribution in [3.63, 3.8) is 0 Å². The van der Waals surface area contributed by atoms with Crippen molar-refractivity contribution in [3.8, 4) is 44.5 Å². The highest BCUT2D eigenvalue weighted by Gasteiger charge is 2.19. The minimum atomic E-state index is -0.515. The van der Waals surface area contributed by atoms with Crippen LogP contribution in [0.25, 0.3) is 90.9 Å². The zero-order valence-electron chi connectivity index (χ0n) is 32.2. The molecule has 9 rings (SSSR count). The van der Waals surface area contributed by atoms with Gasteiger partial charge in [-0.05, 0) is 89.9 Å². The first-order valence-corrected chi connectivity index (χ1v) is 19.5. The normalized spacial score (nSPS) is 11.7. The van der Waals surface area contributed by atoms with E-state index in [-0.39, 0.29) is 25.7 Å². The van der Waals surface area contributed by atoms with Gasteiger partial charge in [-0.2, -0.15) is 0 Å². The Balaban J connectivity index is 1.27. The number of ether oxygens (including phenoxy) is 2. The summed E-state index contributed by atoms with van der Waals surface area (Å²) in [5.74, 6) is -0.896. The van der Waals surface area contributed by atoms with Gasteiger partial charge in [-0.25, -0.2) is 14.8 Å². The zero-order chi connectivity index (χ0) is 40.1. The Kier molecular flexibility index (Phi) is 10.3. The second-order valence-electron chi connectivity index (χ2n) is 14.0. The van der Waals surface area contributed by atoms with Crippen molar-refractivity contribution in [1.29, 1.82) is 0 Å². The average molecular weight is 774 g/mol. The summed E-state index contributed by atoms with van der Waals surface area (Å²) in [6.07, 6.45) is 8.31. The van der Waals surface area contributed by atoms with Gasteiger partial charge in [0.25, 0.3) is 0 Å². The van der Waals surface area contributed by atoms with Crippen molar-refractivity contribution in [3.05, 3.63) is 162 Å².